The second kappa shape index (κ2) is 5.35. The minimum atomic E-state index is -4.12. The fraction of sp³-hybridized carbons (Fsp3) is 0. The number of hydrogen-bond acceptors (Lipinski definition) is 2. The first kappa shape index (κ1) is 13.4. The zero-order valence-electron chi connectivity index (χ0n) is 6.97. The Balaban J connectivity index is 0.00000144. The third-order valence-corrected chi connectivity index (χ3v) is 2.34. The molecule has 0 amide bonds. The van der Waals surface area contributed by atoms with Gasteiger partial charge in [-0.05, 0) is 11.6 Å². The summed E-state index contributed by atoms with van der Waals surface area (Å²) >= 11 is 0. The van der Waals surface area contributed by atoms with Gasteiger partial charge in [-0.3, -0.25) is 4.55 Å². The van der Waals surface area contributed by atoms with Crippen LogP contribution in [0.25, 0.3) is 6.08 Å². The van der Waals surface area contributed by atoms with Crippen molar-refractivity contribution >= 4 is 65.1 Å². The van der Waals surface area contributed by atoms with Gasteiger partial charge in [-0.25, -0.2) is 0 Å². The smallest absolute Gasteiger partial charge is 0.282 e. The zero-order chi connectivity index (χ0) is 9.19. The summed E-state index contributed by atoms with van der Waals surface area (Å²) in [4.78, 5) is -0.111. The van der Waals surface area contributed by atoms with Gasteiger partial charge < -0.3 is 0 Å². The van der Waals surface area contributed by atoms with Crippen molar-refractivity contribution in [2.45, 2.75) is 4.90 Å². The number of hydrogen-bond donors (Lipinski definition) is 1. The molecule has 0 bridgehead atoms. The third-order valence-electron chi connectivity index (χ3n) is 1.42. The monoisotopic (exact) mass is 322 g/mol. The molecule has 1 rings (SSSR count). The van der Waals surface area contributed by atoms with E-state index in [4.69, 9.17) is 4.55 Å². The second-order valence-corrected chi connectivity index (χ2v) is 3.61. The first-order valence-electron chi connectivity index (χ1n) is 3.24. The van der Waals surface area contributed by atoms with Crippen LogP contribution in [0.1, 0.15) is 5.56 Å². The van der Waals surface area contributed by atoms with Crippen LogP contribution in [-0.4, -0.2) is 61.9 Å². The predicted octanol–water partition coefficient (Wildman–Crippen LogP) is 1.20. The van der Waals surface area contributed by atoms with Gasteiger partial charge in [-0.2, -0.15) is 8.42 Å². The number of rotatable bonds is 2. The van der Waals surface area contributed by atoms with Crippen molar-refractivity contribution in [3.63, 3.8) is 0 Å². The van der Waals surface area contributed by atoms with E-state index in [-0.39, 0.29) is 53.8 Å². The minimum Gasteiger partial charge on any atom is -0.282 e. The summed E-state index contributed by atoms with van der Waals surface area (Å²) in [6.07, 6.45) is 1.38. The Morgan fingerprint density at radius 3 is 2.23 bits per heavy atom. The van der Waals surface area contributed by atoms with E-state index < -0.39 is 10.1 Å². The van der Waals surface area contributed by atoms with E-state index in [0.717, 1.165) is 0 Å². The Morgan fingerprint density at radius 2 is 1.85 bits per heavy atom. The molecule has 3 nitrogen and oxygen atoms in total. The van der Waals surface area contributed by atoms with E-state index >= 15 is 0 Å². The Labute approximate surface area is 118 Å². The Bertz CT molecular complexity index is 398. The molecule has 0 spiro atoms. The molecule has 5 heteroatoms. The fourth-order valence-electron chi connectivity index (χ4n) is 0.884. The van der Waals surface area contributed by atoms with Gasteiger partial charge in [0.15, 0.2) is 0 Å². The molecule has 0 aliphatic rings. The molecule has 0 saturated heterocycles. The van der Waals surface area contributed by atoms with Gasteiger partial charge in [0.1, 0.15) is 4.90 Å². The third kappa shape index (κ3) is 3.59. The summed E-state index contributed by atoms with van der Waals surface area (Å²) in [5.41, 5.74) is 0.403. The Hall–Kier alpha value is 0.441. The van der Waals surface area contributed by atoms with E-state index in [2.05, 4.69) is 6.58 Å². The molecule has 1 N–H and O–H groups in total. The quantitative estimate of drug-likeness (QED) is 0.658. The van der Waals surface area contributed by atoms with Gasteiger partial charge in [0.05, 0.1) is 0 Å². The molecular weight excluding hydrogens is 313 g/mol. The summed E-state index contributed by atoms with van der Waals surface area (Å²) in [7, 11) is -4.12. The van der Waals surface area contributed by atoms with Crippen LogP contribution in [0, 0.1) is 0 Å². The normalized spacial score (nSPS) is 10.2. The second-order valence-electron chi connectivity index (χ2n) is 2.22. The van der Waals surface area contributed by atoms with Gasteiger partial charge in [-0.15, -0.1) is 0 Å². The van der Waals surface area contributed by atoms with Crippen molar-refractivity contribution in [2.24, 2.45) is 0 Å². The Kier molecular flexibility index (Phi) is 5.54. The van der Waals surface area contributed by atoms with E-state index in [1.807, 2.05) is 0 Å². The van der Waals surface area contributed by atoms with Crippen LogP contribution in [0.3, 0.4) is 0 Å². The van der Waals surface area contributed by atoms with Crippen LogP contribution in [0.2, 0.25) is 0 Å². The molecule has 0 unspecified atom stereocenters. The molecule has 0 aromatic heterocycles. The van der Waals surface area contributed by atoms with Crippen molar-refractivity contribution < 1.29 is 13.0 Å². The van der Waals surface area contributed by atoms with Crippen LogP contribution in [0.4, 0.5) is 0 Å². The molecule has 0 saturated carbocycles. The first-order chi connectivity index (χ1) is 5.55. The van der Waals surface area contributed by atoms with Crippen molar-refractivity contribution in [3.8, 4) is 0 Å². The van der Waals surface area contributed by atoms with Crippen molar-refractivity contribution in [1.82, 2.24) is 0 Å². The maximum Gasteiger partial charge on any atom is 0.295 e. The molecule has 1 aromatic carbocycles. The summed E-state index contributed by atoms with van der Waals surface area (Å²) in [6, 6.07) is 6.10. The van der Waals surface area contributed by atoms with Gasteiger partial charge in [0.25, 0.3) is 10.1 Å². The largest absolute Gasteiger partial charge is 0.295 e. The molecule has 0 aliphatic heterocycles. The van der Waals surface area contributed by atoms with E-state index in [9.17, 15) is 8.42 Å². The standard InChI is InChI=1S/C8H8O3S.Ba/c1-2-7-5-3-4-6-8(7)12(9,10)11;/h2-6H,1H2,(H,9,10,11);. The van der Waals surface area contributed by atoms with E-state index in [1.165, 1.54) is 18.2 Å². The van der Waals surface area contributed by atoms with E-state index in [0.29, 0.717) is 5.56 Å². The molecule has 1 aromatic rings. The molecule has 0 heterocycles. The fourth-order valence-corrected chi connectivity index (χ4v) is 1.58. The summed E-state index contributed by atoms with van der Waals surface area (Å²) < 4.78 is 30.2. The maximum absolute atomic E-state index is 10.7. The van der Waals surface area contributed by atoms with Gasteiger partial charge in [0.2, 0.25) is 0 Å². The minimum absolute atomic E-state index is 0. The average molecular weight is 322 g/mol. The average Bonchev–Trinajstić information content (AvgIpc) is 2.03. The summed E-state index contributed by atoms with van der Waals surface area (Å²) in [6.45, 7) is 3.43. The van der Waals surface area contributed by atoms with Crippen LogP contribution >= 0.6 is 0 Å². The molecule has 2 radical (unpaired) electrons. The summed E-state index contributed by atoms with van der Waals surface area (Å²) in [5, 5.41) is 0. The van der Waals surface area contributed by atoms with Crippen molar-refractivity contribution in [3.05, 3.63) is 36.4 Å². The SMILES string of the molecule is C=Cc1ccccc1S(=O)(=O)O.[Ba]. The van der Waals surface area contributed by atoms with Crippen LogP contribution in [0.15, 0.2) is 35.7 Å². The van der Waals surface area contributed by atoms with E-state index in [1.54, 1.807) is 12.1 Å². The number of benzene rings is 1. The molecule has 0 fully saturated rings. The van der Waals surface area contributed by atoms with Crippen molar-refractivity contribution in [1.29, 1.82) is 0 Å². The van der Waals surface area contributed by atoms with Gasteiger partial charge in [0, 0.05) is 48.9 Å². The topological polar surface area (TPSA) is 54.4 Å². The van der Waals surface area contributed by atoms with Crippen LogP contribution in [-0.2, 0) is 10.1 Å². The molecule has 13 heavy (non-hydrogen) atoms. The van der Waals surface area contributed by atoms with Crippen LogP contribution < -0.4 is 0 Å². The predicted molar refractivity (Wildman–Crippen MR) is 52.1 cm³/mol. The molecule has 0 atom stereocenters. The van der Waals surface area contributed by atoms with Crippen molar-refractivity contribution in [2.75, 3.05) is 0 Å². The zero-order valence-corrected chi connectivity index (χ0v) is 12.2. The van der Waals surface area contributed by atoms with Gasteiger partial charge >= 0.3 is 0 Å². The molecular formula is C8H8BaO3S. The molecule has 66 valence electrons. The maximum atomic E-state index is 10.7. The Morgan fingerprint density at radius 1 is 1.31 bits per heavy atom. The van der Waals surface area contributed by atoms with Crippen LogP contribution in [0.5, 0.6) is 0 Å². The molecule has 0 aliphatic carbocycles. The van der Waals surface area contributed by atoms with Gasteiger partial charge in [-0.1, -0.05) is 30.9 Å². The summed E-state index contributed by atoms with van der Waals surface area (Å²) in [5.74, 6) is 0. The first-order valence-corrected chi connectivity index (χ1v) is 4.68.